The summed E-state index contributed by atoms with van der Waals surface area (Å²) in [4.78, 5) is 12.2. The molecule has 23 heavy (non-hydrogen) atoms. The fourth-order valence-corrected chi connectivity index (χ4v) is 2.31. The third kappa shape index (κ3) is 3.43. The van der Waals surface area contributed by atoms with Crippen LogP contribution in [0.15, 0.2) is 63.5 Å². The number of rotatable bonds is 3. The first kappa shape index (κ1) is 15.3. The molecule has 1 heterocycles. The van der Waals surface area contributed by atoms with E-state index in [-0.39, 0.29) is 11.4 Å². The van der Waals surface area contributed by atoms with Crippen LogP contribution in [0.4, 0.5) is 15.8 Å². The molecule has 1 aromatic heterocycles. The number of halogens is 2. The van der Waals surface area contributed by atoms with Crippen molar-refractivity contribution in [3.05, 3.63) is 70.6 Å². The highest BCUT2D eigenvalue weighted by Crippen LogP contribution is 2.25. The highest BCUT2D eigenvalue weighted by atomic mass is 79.9. The van der Waals surface area contributed by atoms with E-state index in [1.54, 1.807) is 12.1 Å². The number of nitrogens with one attached hydrogen (secondary N) is 1. The minimum atomic E-state index is -0.529. The Morgan fingerprint density at radius 3 is 2.52 bits per heavy atom. The van der Waals surface area contributed by atoms with E-state index in [9.17, 15) is 9.18 Å². The predicted molar refractivity (Wildman–Crippen MR) is 90.6 cm³/mol. The van der Waals surface area contributed by atoms with Gasteiger partial charge in [0.15, 0.2) is 5.76 Å². The van der Waals surface area contributed by atoms with Gasteiger partial charge in [0.25, 0.3) is 5.91 Å². The van der Waals surface area contributed by atoms with Gasteiger partial charge in [0, 0.05) is 15.7 Å². The molecule has 0 aliphatic carbocycles. The molecule has 2 aromatic carbocycles. The van der Waals surface area contributed by atoms with Crippen molar-refractivity contribution >= 4 is 33.2 Å². The Labute approximate surface area is 140 Å². The summed E-state index contributed by atoms with van der Waals surface area (Å²) in [7, 11) is 0. The number of benzene rings is 2. The molecule has 0 unspecified atom stereocenters. The highest BCUT2D eigenvalue weighted by molar-refractivity contribution is 9.10. The van der Waals surface area contributed by atoms with Crippen LogP contribution in [0.1, 0.15) is 10.6 Å². The Kier molecular flexibility index (Phi) is 4.16. The third-order valence-corrected chi connectivity index (χ3v) is 3.74. The SMILES string of the molecule is Nc1cc(NC(=O)c2ccc(-c3ccc(Br)cc3)o2)ccc1F. The molecule has 0 aliphatic rings. The van der Waals surface area contributed by atoms with E-state index in [1.807, 2.05) is 24.3 Å². The van der Waals surface area contributed by atoms with E-state index in [0.29, 0.717) is 11.4 Å². The number of hydrogen-bond acceptors (Lipinski definition) is 3. The van der Waals surface area contributed by atoms with Gasteiger partial charge in [0.1, 0.15) is 11.6 Å². The standard InChI is InChI=1S/C17H12BrFN2O2/c18-11-3-1-10(2-4-11)15-7-8-16(23-15)17(22)21-12-5-6-13(19)14(20)9-12/h1-9H,20H2,(H,21,22). The van der Waals surface area contributed by atoms with Gasteiger partial charge < -0.3 is 15.5 Å². The van der Waals surface area contributed by atoms with Crippen LogP contribution in [0.5, 0.6) is 0 Å². The predicted octanol–water partition coefficient (Wildman–Crippen LogP) is 4.68. The van der Waals surface area contributed by atoms with Crippen LogP contribution >= 0.6 is 15.9 Å². The minimum Gasteiger partial charge on any atom is -0.451 e. The molecule has 0 saturated carbocycles. The van der Waals surface area contributed by atoms with Gasteiger partial charge >= 0.3 is 0 Å². The summed E-state index contributed by atoms with van der Waals surface area (Å²) < 4.78 is 19.6. The maximum atomic E-state index is 13.1. The minimum absolute atomic E-state index is 0.0298. The average molecular weight is 375 g/mol. The maximum absolute atomic E-state index is 13.1. The van der Waals surface area contributed by atoms with E-state index in [0.717, 1.165) is 10.0 Å². The van der Waals surface area contributed by atoms with E-state index in [2.05, 4.69) is 21.2 Å². The molecule has 0 radical (unpaired) electrons. The maximum Gasteiger partial charge on any atom is 0.291 e. The summed E-state index contributed by atoms with van der Waals surface area (Å²) >= 11 is 3.36. The first-order valence-electron chi connectivity index (χ1n) is 6.75. The second kappa shape index (κ2) is 6.26. The zero-order valence-corrected chi connectivity index (χ0v) is 13.4. The van der Waals surface area contributed by atoms with E-state index >= 15 is 0 Å². The summed E-state index contributed by atoms with van der Waals surface area (Å²) in [5, 5.41) is 2.61. The van der Waals surface area contributed by atoms with Crippen molar-refractivity contribution < 1.29 is 13.6 Å². The number of anilines is 2. The highest BCUT2D eigenvalue weighted by Gasteiger charge is 2.13. The molecule has 3 aromatic rings. The lowest BCUT2D eigenvalue weighted by Gasteiger charge is -2.04. The van der Waals surface area contributed by atoms with Crippen LogP contribution in [-0.4, -0.2) is 5.91 Å². The van der Waals surface area contributed by atoms with Crippen LogP contribution in [-0.2, 0) is 0 Å². The number of carbonyl (C=O) groups excluding carboxylic acids is 1. The molecule has 3 N–H and O–H groups in total. The average Bonchev–Trinajstić information content (AvgIpc) is 3.02. The molecule has 0 atom stereocenters. The normalized spacial score (nSPS) is 10.5. The molecule has 116 valence electrons. The molecule has 3 rings (SSSR count). The number of hydrogen-bond donors (Lipinski definition) is 2. The van der Waals surface area contributed by atoms with E-state index < -0.39 is 11.7 Å². The topological polar surface area (TPSA) is 68.3 Å². The zero-order valence-electron chi connectivity index (χ0n) is 11.8. The number of nitrogens with two attached hydrogens (primary N) is 1. The number of carbonyl (C=O) groups is 1. The van der Waals surface area contributed by atoms with Crippen molar-refractivity contribution in [3.8, 4) is 11.3 Å². The van der Waals surface area contributed by atoms with E-state index in [4.69, 9.17) is 10.2 Å². The largest absolute Gasteiger partial charge is 0.451 e. The third-order valence-electron chi connectivity index (χ3n) is 3.21. The molecule has 0 spiro atoms. The van der Waals surface area contributed by atoms with Crippen LogP contribution in [0, 0.1) is 5.82 Å². The number of furan rings is 1. The molecule has 0 saturated heterocycles. The Hall–Kier alpha value is -2.60. The van der Waals surface area contributed by atoms with Gasteiger partial charge in [-0.25, -0.2) is 4.39 Å². The molecule has 0 bridgehead atoms. The summed E-state index contributed by atoms with van der Waals surface area (Å²) in [5.41, 5.74) is 6.70. The summed E-state index contributed by atoms with van der Waals surface area (Å²) in [6.07, 6.45) is 0. The lowest BCUT2D eigenvalue weighted by atomic mass is 10.2. The fourth-order valence-electron chi connectivity index (χ4n) is 2.04. The van der Waals surface area contributed by atoms with Gasteiger partial charge in [0.2, 0.25) is 0 Å². The van der Waals surface area contributed by atoms with Crippen LogP contribution in [0.2, 0.25) is 0 Å². The molecule has 0 aliphatic heterocycles. The Bertz CT molecular complexity index is 859. The second-order valence-electron chi connectivity index (χ2n) is 4.86. The van der Waals surface area contributed by atoms with Gasteiger partial charge in [0.05, 0.1) is 5.69 Å². The molecular formula is C17H12BrFN2O2. The van der Waals surface area contributed by atoms with Crippen molar-refractivity contribution in [1.82, 2.24) is 0 Å². The van der Waals surface area contributed by atoms with Gasteiger partial charge in [-0.2, -0.15) is 0 Å². The molecule has 4 nitrogen and oxygen atoms in total. The summed E-state index contributed by atoms with van der Waals surface area (Å²) in [6, 6.07) is 14.8. The summed E-state index contributed by atoms with van der Waals surface area (Å²) in [5.74, 6) is -0.218. The van der Waals surface area contributed by atoms with Gasteiger partial charge in [-0.15, -0.1) is 0 Å². The Morgan fingerprint density at radius 1 is 1.09 bits per heavy atom. The molecular weight excluding hydrogens is 363 g/mol. The number of nitrogen functional groups attached to an aromatic ring is 1. The first-order valence-corrected chi connectivity index (χ1v) is 7.54. The smallest absolute Gasteiger partial charge is 0.291 e. The van der Waals surface area contributed by atoms with Crippen molar-refractivity contribution in [1.29, 1.82) is 0 Å². The van der Waals surface area contributed by atoms with E-state index in [1.165, 1.54) is 18.2 Å². The lowest BCUT2D eigenvalue weighted by Crippen LogP contribution is -2.11. The molecule has 6 heteroatoms. The molecule has 1 amide bonds. The quantitative estimate of drug-likeness (QED) is 0.653. The van der Waals surface area contributed by atoms with Crippen molar-refractivity contribution in [2.45, 2.75) is 0 Å². The molecule has 0 fully saturated rings. The Balaban J connectivity index is 1.78. The monoisotopic (exact) mass is 374 g/mol. The van der Waals surface area contributed by atoms with Crippen molar-refractivity contribution in [2.24, 2.45) is 0 Å². The van der Waals surface area contributed by atoms with Crippen LogP contribution in [0.3, 0.4) is 0 Å². The fraction of sp³-hybridized carbons (Fsp3) is 0. The Morgan fingerprint density at radius 2 is 1.83 bits per heavy atom. The second-order valence-corrected chi connectivity index (χ2v) is 5.78. The van der Waals surface area contributed by atoms with Crippen molar-refractivity contribution in [3.63, 3.8) is 0 Å². The van der Waals surface area contributed by atoms with Crippen LogP contribution in [0.25, 0.3) is 11.3 Å². The lowest BCUT2D eigenvalue weighted by molar-refractivity contribution is 0.0997. The van der Waals surface area contributed by atoms with Gasteiger partial charge in [-0.3, -0.25) is 4.79 Å². The van der Waals surface area contributed by atoms with Crippen LogP contribution < -0.4 is 11.1 Å². The van der Waals surface area contributed by atoms with Crippen molar-refractivity contribution in [2.75, 3.05) is 11.1 Å². The van der Waals surface area contributed by atoms with Gasteiger partial charge in [-0.05, 0) is 42.5 Å². The first-order chi connectivity index (χ1) is 11.0. The summed E-state index contributed by atoms with van der Waals surface area (Å²) in [6.45, 7) is 0. The zero-order chi connectivity index (χ0) is 16.4. The number of amides is 1. The van der Waals surface area contributed by atoms with Gasteiger partial charge in [-0.1, -0.05) is 28.1 Å².